The summed E-state index contributed by atoms with van der Waals surface area (Å²) in [5, 5.41) is 3.31. The van der Waals surface area contributed by atoms with Gasteiger partial charge in [-0.25, -0.2) is 0 Å². The smallest absolute Gasteiger partial charge is 0.0763 e. The van der Waals surface area contributed by atoms with Crippen LogP contribution in [0.4, 0.5) is 0 Å². The molecular formula is C13H21NO. The SMILES string of the molecule is CCC(OC)C(NC)c1ccc(C)cc1. The second-order valence-electron chi connectivity index (χ2n) is 3.86. The zero-order valence-electron chi connectivity index (χ0n) is 10.1. The van der Waals surface area contributed by atoms with Crippen molar-refractivity contribution in [1.82, 2.24) is 5.32 Å². The van der Waals surface area contributed by atoms with Crippen molar-refractivity contribution < 1.29 is 4.74 Å². The number of methoxy groups -OCH3 is 1. The number of hydrogen-bond acceptors (Lipinski definition) is 2. The van der Waals surface area contributed by atoms with Crippen molar-refractivity contribution in [2.24, 2.45) is 0 Å². The van der Waals surface area contributed by atoms with Gasteiger partial charge >= 0.3 is 0 Å². The van der Waals surface area contributed by atoms with Crippen LogP contribution in [0.3, 0.4) is 0 Å². The number of ether oxygens (including phenoxy) is 1. The lowest BCUT2D eigenvalue weighted by atomic mass is 9.99. The van der Waals surface area contributed by atoms with Crippen LogP contribution in [0.1, 0.15) is 30.5 Å². The van der Waals surface area contributed by atoms with Crippen molar-refractivity contribution in [2.45, 2.75) is 32.4 Å². The molecule has 1 aromatic rings. The van der Waals surface area contributed by atoms with Gasteiger partial charge in [0.25, 0.3) is 0 Å². The van der Waals surface area contributed by atoms with E-state index in [-0.39, 0.29) is 12.1 Å². The lowest BCUT2D eigenvalue weighted by Gasteiger charge is -2.25. The van der Waals surface area contributed by atoms with E-state index in [1.54, 1.807) is 7.11 Å². The Balaban J connectivity index is 2.86. The van der Waals surface area contributed by atoms with Crippen LogP contribution in [0.15, 0.2) is 24.3 Å². The summed E-state index contributed by atoms with van der Waals surface area (Å²) in [7, 11) is 3.75. The van der Waals surface area contributed by atoms with E-state index in [2.05, 4.69) is 43.4 Å². The first kappa shape index (κ1) is 12.2. The molecule has 0 aliphatic carbocycles. The van der Waals surface area contributed by atoms with E-state index >= 15 is 0 Å². The molecule has 1 rings (SSSR count). The molecule has 0 aliphatic heterocycles. The molecule has 0 saturated heterocycles. The maximum atomic E-state index is 5.47. The summed E-state index contributed by atoms with van der Waals surface area (Å²) in [5.41, 5.74) is 2.58. The predicted octanol–water partition coefficient (Wildman–Crippen LogP) is 2.68. The van der Waals surface area contributed by atoms with Gasteiger partial charge in [0.2, 0.25) is 0 Å². The summed E-state index contributed by atoms with van der Waals surface area (Å²) >= 11 is 0. The normalized spacial score (nSPS) is 14.9. The Labute approximate surface area is 92.6 Å². The van der Waals surface area contributed by atoms with Crippen LogP contribution in [0.25, 0.3) is 0 Å². The van der Waals surface area contributed by atoms with E-state index < -0.39 is 0 Å². The summed E-state index contributed by atoms with van der Waals surface area (Å²) in [6, 6.07) is 8.89. The van der Waals surface area contributed by atoms with Gasteiger partial charge in [0.15, 0.2) is 0 Å². The first-order valence-electron chi connectivity index (χ1n) is 5.49. The Kier molecular flexibility index (Phi) is 4.79. The molecule has 2 nitrogen and oxygen atoms in total. The number of nitrogens with one attached hydrogen (secondary N) is 1. The van der Waals surface area contributed by atoms with Gasteiger partial charge in [-0.15, -0.1) is 0 Å². The Bertz CT molecular complexity index is 277. The second-order valence-corrected chi connectivity index (χ2v) is 3.86. The number of aryl methyl sites for hydroxylation is 1. The second kappa shape index (κ2) is 5.89. The first-order chi connectivity index (χ1) is 7.22. The fourth-order valence-corrected chi connectivity index (χ4v) is 1.88. The van der Waals surface area contributed by atoms with E-state index in [1.165, 1.54) is 11.1 Å². The zero-order valence-corrected chi connectivity index (χ0v) is 10.1. The predicted molar refractivity (Wildman–Crippen MR) is 64.1 cm³/mol. The molecule has 0 amide bonds. The number of benzene rings is 1. The van der Waals surface area contributed by atoms with Crippen molar-refractivity contribution in [1.29, 1.82) is 0 Å². The standard InChI is InChI=1S/C13H21NO/c1-5-12(15-4)13(14-3)11-8-6-10(2)7-9-11/h6-9,12-14H,5H2,1-4H3. The van der Waals surface area contributed by atoms with E-state index in [4.69, 9.17) is 4.74 Å². The summed E-state index contributed by atoms with van der Waals surface area (Å²) in [5.74, 6) is 0. The van der Waals surface area contributed by atoms with Crippen LogP contribution >= 0.6 is 0 Å². The summed E-state index contributed by atoms with van der Waals surface area (Å²) in [6.07, 6.45) is 1.24. The highest BCUT2D eigenvalue weighted by atomic mass is 16.5. The number of likely N-dealkylation sites (N-methyl/N-ethyl adjacent to an activating group) is 1. The topological polar surface area (TPSA) is 21.3 Å². The average molecular weight is 207 g/mol. The molecule has 0 bridgehead atoms. The third-order valence-electron chi connectivity index (χ3n) is 2.82. The van der Waals surface area contributed by atoms with Crippen LogP contribution in [-0.4, -0.2) is 20.3 Å². The molecule has 1 N–H and O–H groups in total. The summed E-state index contributed by atoms with van der Waals surface area (Å²) < 4.78 is 5.47. The highest BCUT2D eigenvalue weighted by Gasteiger charge is 2.19. The van der Waals surface area contributed by atoms with Crippen molar-refractivity contribution in [3.8, 4) is 0 Å². The molecule has 0 radical (unpaired) electrons. The van der Waals surface area contributed by atoms with Crippen LogP contribution in [0.2, 0.25) is 0 Å². The van der Waals surface area contributed by atoms with E-state index in [9.17, 15) is 0 Å². The molecule has 1 aromatic carbocycles. The molecule has 0 aliphatic rings. The Morgan fingerprint density at radius 3 is 2.27 bits per heavy atom. The minimum absolute atomic E-state index is 0.234. The molecule has 2 unspecified atom stereocenters. The van der Waals surface area contributed by atoms with Gasteiger partial charge in [-0.2, -0.15) is 0 Å². The molecule has 0 fully saturated rings. The summed E-state index contributed by atoms with van der Waals surface area (Å²) in [4.78, 5) is 0. The molecule has 0 saturated carbocycles. The molecular weight excluding hydrogens is 186 g/mol. The van der Waals surface area contributed by atoms with Gasteiger partial charge in [0, 0.05) is 7.11 Å². The zero-order chi connectivity index (χ0) is 11.3. The maximum absolute atomic E-state index is 5.47. The molecule has 2 atom stereocenters. The highest BCUT2D eigenvalue weighted by molar-refractivity contribution is 5.24. The van der Waals surface area contributed by atoms with E-state index in [1.807, 2.05) is 7.05 Å². The van der Waals surface area contributed by atoms with Gasteiger partial charge < -0.3 is 10.1 Å². The fourth-order valence-electron chi connectivity index (χ4n) is 1.88. The number of rotatable bonds is 5. The largest absolute Gasteiger partial charge is 0.379 e. The highest BCUT2D eigenvalue weighted by Crippen LogP contribution is 2.21. The maximum Gasteiger partial charge on any atom is 0.0763 e. The molecule has 0 heterocycles. The summed E-state index contributed by atoms with van der Waals surface area (Å²) in [6.45, 7) is 4.25. The fraction of sp³-hybridized carbons (Fsp3) is 0.538. The molecule has 0 spiro atoms. The Morgan fingerprint density at radius 1 is 1.27 bits per heavy atom. The number of hydrogen-bond donors (Lipinski definition) is 1. The van der Waals surface area contributed by atoms with Crippen molar-refractivity contribution in [3.63, 3.8) is 0 Å². The Hall–Kier alpha value is -0.860. The van der Waals surface area contributed by atoms with E-state index in [0.717, 1.165) is 6.42 Å². The van der Waals surface area contributed by atoms with Crippen LogP contribution in [0.5, 0.6) is 0 Å². The lowest BCUT2D eigenvalue weighted by Crippen LogP contribution is -2.30. The van der Waals surface area contributed by atoms with Crippen LogP contribution in [-0.2, 0) is 4.74 Å². The third-order valence-corrected chi connectivity index (χ3v) is 2.82. The van der Waals surface area contributed by atoms with Crippen LogP contribution in [0, 0.1) is 6.92 Å². The third kappa shape index (κ3) is 3.05. The van der Waals surface area contributed by atoms with Gasteiger partial charge in [-0.1, -0.05) is 36.8 Å². The van der Waals surface area contributed by atoms with Crippen molar-refractivity contribution in [2.75, 3.05) is 14.2 Å². The minimum Gasteiger partial charge on any atom is -0.379 e. The van der Waals surface area contributed by atoms with E-state index in [0.29, 0.717) is 0 Å². The van der Waals surface area contributed by atoms with Crippen molar-refractivity contribution >= 4 is 0 Å². The first-order valence-corrected chi connectivity index (χ1v) is 5.49. The van der Waals surface area contributed by atoms with Crippen LogP contribution < -0.4 is 5.32 Å². The van der Waals surface area contributed by atoms with Gasteiger partial charge in [-0.3, -0.25) is 0 Å². The van der Waals surface area contributed by atoms with Gasteiger partial charge in [0.1, 0.15) is 0 Å². The average Bonchev–Trinajstić information content (AvgIpc) is 2.27. The Morgan fingerprint density at radius 2 is 1.87 bits per heavy atom. The molecule has 84 valence electrons. The minimum atomic E-state index is 0.234. The molecule has 0 aromatic heterocycles. The monoisotopic (exact) mass is 207 g/mol. The molecule has 15 heavy (non-hydrogen) atoms. The van der Waals surface area contributed by atoms with Gasteiger partial charge in [-0.05, 0) is 26.0 Å². The lowest BCUT2D eigenvalue weighted by molar-refractivity contribution is 0.0676. The van der Waals surface area contributed by atoms with Gasteiger partial charge in [0.05, 0.1) is 12.1 Å². The quantitative estimate of drug-likeness (QED) is 0.801. The van der Waals surface area contributed by atoms with Crippen molar-refractivity contribution in [3.05, 3.63) is 35.4 Å². The molecule has 2 heteroatoms.